The third kappa shape index (κ3) is 3.13. The van der Waals surface area contributed by atoms with Gasteiger partial charge >= 0.3 is 0 Å². The highest BCUT2D eigenvalue weighted by Crippen LogP contribution is 2.34. The SMILES string of the molecule is Cc1nn(C)c(F)c1C(=O)Nc1c(-c2ccccc2)ccc(Cl)c1F. The highest BCUT2D eigenvalue weighted by atomic mass is 35.5. The normalized spacial score (nSPS) is 10.8. The molecule has 128 valence electrons. The summed E-state index contributed by atoms with van der Waals surface area (Å²) < 4.78 is 29.6. The van der Waals surface area contributed by atoms with E-state index in [1.165, 1.54) is 20.0 Å². The van der Waals surface area contributed by atoms with Crippen LogP contribution in [-0.4, -0.2) is 15.7 Å². The molecule has 0 radical (unpaired) electrons. The zero-order chi connectivity index (χ0) is 18.1. The molecule has 3 aromatic rings. The Morgan fingerprint density at radius 2 is 1.84 bits per heavy atom. The molecule has 7 heteroatoms. The average Bonchev–Trinajstić information content (AvgIpc) is 2.85. The molecule has 0 spiro atoms. The largest absolute Gasteiger partial charge is 0.319 e. The molecule has 0 aliphatic carbocycles. The Morgan fingerprint density at radius 3 is 2.44 bits per heavy atom. The Labute approximate surface area is 148 Å². The first-order valence-corrected chi connectivity index (χ1v) is 7.81. The fourth-order valence-electron chi connectivity index (χ4n) is 2.60. The number of benzene rings is 2. The number of aromatic nitrogens is 2. The van der Waals surface area contributed by atoms with Crippen molar-refractivity contribution in [1.82, 2.24) is 9.78 Å². The summed E-state index contributed by atoms with van der Waals surface area (Å²) >= 11 is 5.85. The lowest BCUT2D eigenvalue weighted by Crippen LogP contribution is -2.16. The minimum atomic E-state index is -0.793. The minimum Gasteiger partial charge on any atom is -0.319 e. The standard InChI is InChI=1S/C18H14ClF2N3O/c1-10-14(17(21)24(2)23-10)18(25)22-16-12(8-9-13(19)15(16)20)11-6-4-3-5-7-11/h3-9H,1-2H3,(H,22,25). The maximum absolute atomic E-state index is 14.6. The van der Waals surface area contributed by atoms with Crippen molar-refractivity contribution in [3.05, 3.63) is 70.5 Å². The Balaban J connectivity index is 2.08. The van der Waals surface area contributed by atoms with Gasteiger partial charge in [-0.25, -0.2) is 9.07 Å². The van der Waals surface area contributed by atoms with E-state index in [2.05, 4.69) is 10.4 Å². The molecule has 1 heterocycles. The minimum absolute atomic E-state index is 0.105. The number of aryl methyl sites for hydroxylation is 2. The van der Waals surface area contributed by atoms with Crippen molar-refractivity contribution in [2.75, 3.05) is 5.32 Å². The highest BCUT2D eigenvalue weighted by molar-refractivity contribution is 6.31. The first-order valence-electron chi connectivity index (χ1n) is 7.44. The van der Waals surface area contributed by atoms with Crippen LogP contribution in [0.5, 0.6) is 0 Å². The molecule has 0 saturated carbocycles. The number of amides is 1. The summed E-state index contributed by atoms with van der Waals surface area (Å²) in [4.78, 5) is 12.5. The van der Waals surface area contributed by atoms with Crippen LogP contribution in [0.4, 0.5) is 14.5 Å². The third-order valence-electron chi connectivity index (χ3n) is 3.80. The molecule has 25 heavy (non-hydrogen) atoms. The van der Waals surface area contributed by atoms with Crippen molar-refractivity contribution >= 4 is 23.2 Å². The van der Waals surface area contributed by atoms with Crippen molar-refractivity contribution in [1.29, 1.82) is 0 Å². The number of nitrogens with one attached hydrogen (secondary N) is 1. The number of hydrogen-bond donors (Lipinski definition) is 1. The molecule has 0 atom stereocenters. The molecule has 1 N–H and O–H groups in total. The van der Waals surface area contributed by atoms with Gasteiger partial charge in [0.2, 0.25) is 5.95 Å². The number of carbonyl (C=O) groups excluding carboxylic acids is 1. The van der Waals surface area contributed by atoms with Gasteiger partial charge < -0.3 is 5.32 Å². The van der Waals surface area contributed by atoms with E-state index < -0.39 is 17.7 Å². The second-order valence-electron chi connectivity index (χ2n) is 5.48. The van der Waals surface area contributed by atoms with Crippen LogP contribution in [0.2, 0.25) is 5.02 Å². The van der Waals surface area contributed by atoms with Gasteiger partial charge in [-0.3, -0.25) is 4.79 Å². The van der Waals surface area contributed by atoms with Crippen molar-refractivity contribution in [2.45, 2.75) is 6.92 Å². The lowest BCUT2D eigenvalue weighted by Gasteiger charge is -2.13. The molecule has 3 rings (SSSR count). The van der Waals surface area contributed by atoms with Gasteiger partial charge in [-0.05, 0) is 18.6 Å². The monoisotopic (exact) mass is 361 g/mol. The van der Waals surface area contributed by atoms with Crippen LogP contribution in [0.25, 0.3) is 11.1 Å². The van der Waals surface area contributed by atoms with E-state index >= 15 is 0 Å². The second kappa shape index (κ2) is 6.64. The van der Waals surface area contributed by atoms with Crippen LogP contribution >= 0.6 is 11.6 Å². The first-order chi connectivity index (χ1) is 11.9. The van der Waals surface area contributed by atoms with Crippen LogP contribution in [0.15, 0.2) is 42.5 Å². The molecule has 0 unspecified atom stereocenters. The van der Waals surface area contributed by atoms with Gasteiger partial charge in [0, 0.05) is 12.6 Å². The van der Waals surface area contributed by atoms with Crippen molar-refractivity contribution in [2.24, 2.45) is 7.05 Å². The summed E-state index contributed by atoms with van der Waals surface area (Å²) in [6.07, 6.45) is 0. The predicted molar refractivity (Wildman–Crippen MR) is 92.7 cm³/mol. The molecular formula is C18H14ClF2N3O. The molecule has 1 amide bonds. The summed E-state index contributed by atoms with van der Waals surface area (Å²) in [6, 6.07) is 12.0. The third-order valence-corrected chi connectivity index (χ3v) is 4.09. The number of carbonyl (C=O) groups is 1. The summed E-state index contributed by atoms with van der Waals surface area (Å²) in [5.74, 6) is -2.36. The zero-order valence-electron chi connectivity index (χ0n) is 13.5. The smallest absolute Gasteiger partial charge is 0.262 e. The van der Waals surface area contributed by atoms with Gasteiger partial charge in [-0.1, -0.05) is 48.0 Å². The summed E-state index contributed by atoms with van der Waals surface area (Å²) in [5.41, 5.74) is 1.00. The Hall–Kier alpha value is -2.73. The Kier molecular flexibility index (Phi) is 4.55. The molecule has 1 aromatic heterocycles. The lowest BCUT2D eigenvalue weighted by atomic mass is 10.0. The van der Waals surface area contributed by atoms with Crippen LogP contribution in [0.3, 0.4) is 0 Å². The molecule has 0 aliphatic rings. The quantitative estimate of drug-likeness (QED) is 0.742. The first kappa shape index (κ1) is 17.1. The molecule has 4 nitrogen and oxygen atoms in total. The number of anilines is 1. The second-order valence-corrected chi connectivity index (χ2v) is 5.89. The van der Waals surface area contributed by atoms with Crippen molar-refractivity contribution < 1.29 is 13.6 Å². The number of hydrogen-bond acceptors (Lipinski definition) is 2. The summed E-state index contributed by atoms with van der Waals surface area (Å²) in [6.45, 7) is 1.50. The van der Waals surface area contributed by atoms with Gasteiger partial charge in [0.05, 0.1) is 16.4 Å². The van der Waals surface area contributed by atoms with E-state index in [0.29, 0.717) is 11.1 Å². The van der Waals surface area contributed by atoms with Gasteiger partial charge in [-0.2, -0.15) is 9.49 Å². The van der Waals surface area contributed by atoms with Gasteiger partial charge in [0.25, 0.3) is 5.91 Å². The summed E-state index contributed by atoms with van der Waals surface area (Å²) in [5, 5.41) is 6.15. The molecule has 0 fully saturated rings. The predicted octanol–water partition coefficient (Wildman–Crippen LogP) is 4.58. The number of nitrogens with zero attached hydrogens (tertiary/aromatic N) is 2. The Morgan fingerprint density at radius 1 is 1.16 bits per heavy atom. The summed E-state index contributed by atoms with van der Waals surface area (Å²) in [7, 11) is 1.38. The van der Waals surface area contributed by atoms with E-state index in [1.54, 1.807) is 30.3 Å². The van der Waals surface area contributed by atoms with Crippen LogP contribution in [-0.2, 0) is 7.05 Å². The highest BCUT2D eigenvalue weighted by Gasteiger charge is 2.23. The Bertz CT molecular complexity index is 955. The molecule has 0 saturated heterocycles. The topological polar surface area (TPSA) is 46.9 Å². The molecule has 0 bridgehead atoms. The average molecular weight is 362 g/mol. The zero-order valence-corrected chi connectivity index (χ0v) is 14.2. The van der Waals surface area contributed by atoms with E-state index in [9.17, 15) is 13.6 Å². The van der Waals surface area contributed by atoms with Crippen LogP contribution in [0.1, 0.15) is 16.1 Å². The molecular weight excluding hydrogens is 348 g/mol. The number of halogens is 3. The van der Waals surface area contributed by atoms with Crippen LogP contribution < -0.4 is 5.32 Å². The van der Waals surface area contributed by atoms with Gasteiger partial charge in [0.15, 0.2) is 5.82 Å². The van der Waals surface area contributed by atoms with E-state index in [0.717, 1.165) is 4.68 Å². The molecule has 0 aliphatic heterocycles. The number of rotatable bonds is 3. The fourth-order valence-corrected chi connectivity index (χ4v) is 2.75. The lowest BCUT2D eigenvalue weighted by molar-refractivity contribution is 0.102. The fraction of sp³-hybridized carbons (Fsp3) is 0.111. The van der Waals surface area contributed by atoms with Gasteiger partial charge in [0.1, 0.15) is 5.56 Å². The van der Waals surface area contributed by atoms with E-state index in [-0.39, 0.29) is 22.0 Å². The van der Waals surface area contributed by atoms with Gasteiger partial charge in [-0.15, -0.1) is 0 Å². The van der Waals surface area contributed by atoms with Crippen molar-refractivity contribution in [3.63, 3.8) is 0 Å². The van der Waals surface area contributed by atoms with E-state index in [1.807, 2.05) is 6.07 Å². The van der Waals surface area contributed by atoms with Crippen molar-refractivity contribution in [3.8, 4) is 11.1 Å². The van der Waals surface area contributed by atoms with E-state index in [4.69, 9.17) is 11.6 Å². The maximum atomic E-state index is 14.6. The maximum Gasteiger partial charge on any atom is 0.262 e. The molecule has 2 aromatic carbocycles. The van der Waals surface area contributed by atoms with Crippen LogP contribution in [0, 0.1) is 18.7 Å².